The summed E-state index contributed by atoms with van der Waals surface area (Å²) >= 11 is 6.30. The Morgan fingerprint density at radius 1 is 1.17 bits per heavy atom. The lowest BCUT2D eigenvalue weighted by Crippen LogP contribution is -2.08. The van der Waals surface area contributed by atoms with Gasteiger partial charge in [0.15, 0.2) is 0 Å². The minimum absolute atomic E-state index is 0.481. The standard InChI is InChI=1S/C23H26ClN3.C3H8/c1-15(2)19-10-8-18(9-11-19)14-27-17(4)16(3)23(26-27)20-6-5-7-21(13-25)22(24)12-20;1-3-2/h6-8,10,12,15H,5,9,11,14H2,1-4H3;3H2,1-2H3. The van der Waals surface area contributed by atoms with E-state index in [0.29, 0.717) is 22.9 Å². The second-order valence-electron chi connectivity index (χ2n) is 8.26. The molecule has 0 unspecified atom stereocenters. The van der Waals surface area contributed by atoms with Crippen molar-refractivity contribution in [3.05, 3.63) is 69.1 Å². The summed E-state index contributed by atoms with van der Waals surface area (Å²) in [6.07, 6.45) is 14.5. The van der Waals surface area contributed by atoms with Crippen LogP contribution >= 0.6 is 11.6 Å². The average molecular weight is 424 g/mol. The molecule has 0 atom stereocenters. The zero-order chi connectivity index (χ0) is 22.3. The summed E-state index contributed by atoms with van der Waals surface area (Å²) in [7, 11) is 0. The van der Waals surface area contributed by atoms with Crippen molar-refractivity contribution >= 4 is 17.2 Å². The van der Waals surface area contributed by atoms with Crippen molar-refractivity contribution in [1.29, 1.82) is 5.26 Å². The third-order valence-corrected chi connectivity index (χ3v) is 5.77. The fourth-order valence-electron chi connectivity index (χ4n) is 3.50. The van der Waals surface area contributed by atoms with Crippen molar-refractivity contribution in [3.8, 4) is 6.07 Å². The van der Waals surface area contributed by atoms with Crippen molar-refractivity contribution < 1.29 is 0 Å². The minimum atomic E-state index is 0.481. The van der Waals surface area contributed by atoms with Crippen LogP contribution in [-0.2, 0) is 6.54 Å². The maximum Gasteiger partial charge on any atom is 0.100 e. The monoisotopic (exact) mass is 423 g/mol. The second kappa shape index (κ2) is 11.2. The minimum Gasteiger partial charge on any atom is -0.265 e. The predicted molar refractivity (Wildman–Crippen MR) is 128 cm³/mol. The summed E-state index contributed by atoms with van der Waals surface area (Å²) in [6, 6.07) is 2.15. The molecule has 0 saturated heterocycles. The van der Waals surface area contributed by atoms with Gasteiger partial charge in [-0.2, -0.15) is 10.4 Å². The normalized spacial score (nSPS) is 16.3. The first-order valence-electron chi connectivity index (χ1n) is 10.9. The van der Waals surface area contributed by atoms with E-state index in [1.807, 2.05) is 12.2 Å². The molecule has 1 heterocycles. The zero-order valence-corrected chi connectivity index (χ0v) is 20.0. The molecule has 3 rings (SSSR count). The van der Waals surface area contributed by atoms with E-state index in [1.165, 1.54) is 23.3 Å². The molecule has 1 aromatic rings. The lowest BCUT2D eigenvalue weighted by Gasteiger charge is -2.17. The molecule has 0 saturated carbocycles. The van der Waals surface area contributed by atoms with Gasteiger partial charge in [0.25, 0.3) is 0 Å². The SMILES string of the molecule is CCC.Cc1c(C2=CCC=C(C#N)C(Cl)=C2)nn(CC2=CC=C(C(C)C)CC2)c1C. The van der Waals surface area contributed by atoms with Crippen molar-refractivity contribution in [2.45, 2.75) is 73.8 Å². The highest BCUT2D eigenvalue weighted by atomic mass is 35.5. The third-order valence-electron chi connectivity index (χ3n) is 5.46. The molecule has 4 heteroatoms. The number of aromatic nitrogens is 2. The van der Waals surface area contributed by atoms with Crippen LogP contribution in [0.5, 0.6) is 0 Å². The highest BCUT2D eigenvalue weighted by Gasteiger charge is 2.17. The fourth-order valence-corrected chi connectivity index (χ4v) is 3.74. The van der Waals surface area contributed by atoms with Crippen LogP contribution in [0.3, 0.4) is 0 Å². The van der Waals surface area contributed by atoms with E-state index in [9.17, 15) is 5.26 Å². The summed E-state index contributed by atoms with van der Waals surface area (Å²) in [5.41, 5.74) is 7.74. The summed E-state index contributed by atoms with van der Waals surface area (Å²) < 4.78 is 2.09. The first kappa shape index (κ1) is 24.0. The van der Waals surface area contributed by atoms with E-state index in [4.69, 9.17) is 16.7 Å². The van der Waals surface area contributed by atoms with Crippen LogP contribution in [0.4, 0.5) is 0 Å². The summed E-state index contributed by atoms with van der Waals surface area (Å²) in [4.78, 5) is 0. The molecule has 0 bridgehead atoms. The van der Waals surface area contributed by atoms with Crippen molar-refractivity contribution in [1.82, 2.24) is 9.78 Å². The van der Waals surface area contributed by atoms with Gasteiger partial charge in [-0.25, -0.2) is 0 Å². The van der Waals surface area contributed by atoms with Gasteiger partial charge in [0.05, 0.1) is 22.8 Å². The number of rotatable bonds is 4. The molecule has 0 N–H and O–H groups in total. The lowest BCUT2D eigenvalue weighted by atomic mass is 9.91. The average Bonchev–Trinajstić information content (AvgIpc) is 2.88. The van der Waals surface area contributed by atoms with Gasteiger partial charge in [-0.1, -0.05) is 75.6 Å². The number of nitriles is 1. The second-order valence-corrected chi connectivity index (χ2v) is 8.67. The predicted octanol–water partition coefficient (Wildman–Crippen LogP) is 7.58. The Bertz CT molecular complexity index is 959. The van der Waals surface area contributed by atoms with Crippen LogP contribution in [0.2, 0.25) is 0 Å². The molecule has 3 nitrogen and oxygen atoms in total. The molecule has 1 aromatic heterocycles. The van der Waals surface area contributed by atoms with Gasteiger partial charge in [-0.3, -0.25) is 4.68 Å². The summed E-state index contributed by atoms with van der Waals surface area (Å²) in [5, 5.41) is 14.6. The Kier molecular flexibility index (Phi) is 8.93. The van der Waals surface area contributed by atoms with Crippen LogP contribution in [0.25, 0.3) is 5.57 Å². The zero-order valence-electron chi connectivity index (χ0n) is 19.2. The van der Waals surface area contributed by atoms with Gasteiger partial charge < -0.3 is 0 Å². The number of allylic oxidation sites excluding steroid dienone is 10. The largest absolute Gasteiger partial charge is 0.265 e. The van der Waals surface area contributed by atoms with E-state index in [2.05, 4.69) is 70.5 Å². The van der Waals surface area contributed by atoms with E-state index in [0.717, 1.165) is 36.2 Å². The maximum absolute atomic E-state index is 9.18. The quantitative estimate of drug-likeness (QED) is 0.500. The maximum atomic E-state index is 9.18. The Morgan fingerprint density at radius 2 is 1.87 bits per heavy atom. The van der Waals surface area contributed by atoms with Crippen molar-refractivity contribution in [3.63, 3.8) is 0 Å². The first-order valence-corrected chi connectivity index (χ1v) is 11.3. The Labute approximate surface area is 187 Å². The number of hydrogen-bond acceptors (Lipinski definition) is 2. The van der Waals surface area contributed by atoms with E-state index >= 15 is 0 Å². The van der Waals surface area contributed by atoms with Crippen molar-refractivity contribution in [2.24, 2.45) is 5.92 Å². The third kappa shape index (κ3) is 5.86. The van der Waals surface area contributed by atoms with E-state index in [-0.39, 0.29) is 0 Å². The summed E-state index contributed by atoms with van der Waals surface area (Å²) in [5.74, 6) is 0.619. The molecular formula is C26H34ClN3. The highest BCUT2D eigenvalue weighted by Crippen LogP contribution is 2.30. The van der Waals surface area contributed by atoms with Crippen LogP contribution in [0.1, 0.15) is 70.3 Å². The Morgan fingerprint density at radius 3 is 2.43 bits per heavy atom. The molecule has 0 fully saturated rings. The number of hydrogen-bond donors (Lipinski definition) is 0. The van der Waals surface area contributed by atoms with Gasteiger partial charge in [0.2, 0.25) is 0 Å². The molecule has 30 heavy (non-hydrogen) atoms. The smallest absolute Gasteiger partial charge is 0.100 e. The van der Waals surface area contributed by atoms with Gasteiger partial charge in [-0.05, 0) is 56.2 Å². The highest BCUT2D eigenvalue weighted by molar-refractivity contribution is 6.33. The molecule has 0 amide bonds. The lowest BCUT2D eigenvalue weighted by molar-refractivity contribution is 0.617. The van der Waals surface area contributed by atoms with Crippen molar-refractivity contribution in [2.75, 3.05) is 0 Å². The molecule has 0 radical (unpaired) electrons. The molecule has 0 aliphatic heterocycles. The Balaban J connectivity index is 0.00000101. The van der Waals surface area contributed by atoms with Crippen LogP contribution in [0.15, 0.2) is 52.1 Å². The molecule has 2 aliphatic rings. The van der Waals surface area contributed by atoms with Gasteiger partial charge in [-0.15, -0.1) is 0 Å². The molecule has 0 spiro atoms. The van der Waals surface area contributed by atoms with Gasteiger partial charge in [0, 0.05) is 11.3 Å². The molecule has 0 aromatic carbocycles. The Hall–Kier alpha value is -2.31. The first-order chi connectivity index (χ1) is 14.3. The molecule has 160 valence electrons. The number of nitrogens with zero attached hydrogens (tertiary/aromatic N) is 3. The van der Waals surface area contributed by atoms with Gasteiger partial charge >= 0.3 is 0 Å². The molecular weight excluding hydrogens is 390 g/mol. The topological polar surface area (TPSA) is 41.6 Å². The van der Waals surface area contributed by atoms with Crippen LogP contribution < -0.4 is 0 Å². The van der Waals surface area contributed by atoms with Crippen LogP contribution in [-0.4, -0.2) is 9.78 Å². The van der Waals surface area contributed by atoms with Crippen LogP contribution in [0, 0.1) is 31.1 Å². The van der Waals surface area contributed by atoms with E-state index < -0.39 is 0 Å². The number of halogens is 1. The molecule has 2 aliphatic carbocycles. The van der Waals surface area contributed by atoms with Gasteiger partial charge in [0.1, 0.15) is 6.07 Å². The van der Waals surface area contributed by atoms with E-state index in [1.54, 1.807) is 0 Å². The summed E-state index contributed by atoms with van der Waals surface area (Å²) in [6.45, 7) is 13.8. The fraction of sp³-hybridized carbons (Fsp3) is 0.462.